The van der Waals surface area contributed by atoms with Gasteiger partial charge in [0, 0.05) is 5.54 Å². The highest BCUT2D eigenvalue weighted by atomic mass is 14.7. The Balaban J connectivity index is 2.18. The molecule has 1 unspecified atom stereocenters. The van der Waals surface area contributed by atoms with E-state index in [1.165, 1.54) is 51.4 Å². The Kier molecular flexibility index (Phi) is 4.51. The molecule has 0 aromatic rings. The molecule has 13 heavy (non-hydrogen) atoms. The standard InChI is InChI=1S/C12H23N/c1-2-3-4-6-9-12(13)10-7-5-8-11-12/h7,10H,2-6,8-9,11,13H2,1H3. The van der Waals surface area contributed by atoms with Gasteiger partial charge in [0.2, 0.25) is 0 Å². The highest BCUT2D eigenvalue weighted by molar-refractivity contribution is 5.07. The summed E-state index contributed by atoms with van der Waals surface area (Å²) in [6.45, 7) is 2.25. The van der Waals surface area contributed by atoms with E-state index in [4.69, 9.17) is 5.73 Å². The normalized spacial score (nSPS) is 27.8. The fourth-order valence-electron chi connectivity index (χ4n) is 2.04. The fraction of sp³-hybridized carbons (Fsp3) is 0.833. The summed E-state index contributed by atoms with van der Waals surface area (Å²) in [5.41, 5.74) is 6.30. The molecule has 0 aliphatic heterocycles. The summed E-state index contributed by atoms with van der Waals surface area (Å²) in [6.07, 6.45) is 14.7. The van der Waals surface area contributed by atoms with E-state index in [1.54, 1.807) is 0 Å². The summed E-state index contributed by atoms with van der Waals surface area (Å²) in [7, 11) is 0. The number of rotatable bonds is 5. The van der Waals surface area contributed by atoms with Crippen molar-refractivity contribution in [2.24, 2.45) is 5.73 Å². The maximum atomic E-state index is 6.25. The van der Waals surface area contributed by atoms with E-state index < -0.39 is 0 Å². The molecule has 76 valence electrons. The van der Waals surface area contributed by atoms with E-state index in [0.29, 0.717) is 0 Å². The minimum Gasteiger partial charge on any atom is -0.322 e. The molecule has 0 saturated heterocycles. The lowest BCUT2D eigenvalue weighted by molar-refractivity contribution is 0.402. The predicted octanol–water partition coefficient (Wildman–Crippen LogP) is 3.39. The summed E-state index contributed by atoms with van der Waals surface area (Å²) >= 11 is 0. The van der Waals surface area contributed by atoms with Gasteiger partial charge in [-0.15, -0.1) is 0 Å². The second-order valence-corrected chi connectivity index (χ2v) is 4.34. The highest BCUT2D eigenvalue weighted by Crippen LogP contribution is 2.25. The molecule has 1 atom stereocenters. The van der Waals surface area contributed by atoms with Gasteiger partial charge in [0.05, 0.1) is 0 Å². The quantitative estimate of drug-likeness (QED) is 0.510. The molecule has 0 fully saturated rings. The van der Waals surface area contributed by atoms with Crippen LogP contribution in [0.15, 0.2) is 12.2 Å². The van der Waals surface area contributed by atoms with Gasteiger partial charge in [0.25, 0.3) is 0 Å². The van der Waals surface area contributed by atoms with E-state index >= 15 is 0 Å². The average Bonchev–Trinajstić information content (AvgIpc) is 2.14. The van der Waals surface area contributed by atoms with Crippen LogP contribution in [-0.4, -0.2) is 5.54 Å². The van der Waals surface area contributed by atoms with Crippen molar-refractivity contribution in [1.29, 1.82) is 0 Å². The first-order valence-corrected chi connectivity index (χ1v) is 5.73. The second kappa shape index (κ2) is 5.43. The average molecular weight is 181 g/mol. The van der Waals surface area contributed by atoms with Crippen molar-refractivity contribution < 1.29 is 0 Å². The molecule has 1 aliphatic carbocycles. The van der Waals surface area contributed by atoms with Crippen LogP contribution in [0.1, 0.15) is 58.3 Å². The molecule has 2 N–H and O–H groups in total. The van der Waals surface area contributed by atoms with E-state index in [-0.39, 0.29) is 5.54 Å². The largest absolute Gasteiger partial charge is 0.322 e. The first-order chi connectivity index (χ1) is 6.27. The van der Waals surface area contributed by atoms with E-state index in [9.17, 15) is 0 Å². The van der Waals surface area contributed by atoms with Gasteiger partial charge in [-0.05, 0) is 25.7 Å². The zero-order chi connectivity index (χ0) is 9.57. The number of unbranched alkanes of at least 4 members (excludes halogenated alkanes) is 3. The molecule has 1 heteroatoms. The third kappa shape index (κ3) is 3.95. The van der Waals surface area contributed by atoms with Crippen molar-refractivity contribution in [3.63, 3.8) is 0 Å². The molecule has 0 aromatic carbocycles. The van der Waals surface area contributed by atoms with Crippen molar-refractivity contribution in [1.82, 2.24) is 0 Å². The van der Waals surface area contributed by atoms with Crippen LogP contribution in [0.4, 0.5) is 0 Å². The van der Waals surface area contributed by atoms with Crippen LogP contribution in [0.5, 0.6) is 0 Å². The lowest BCUT2D eigenvalue weighted by atomic mass is 9.84. The van der Waals surface area contributed by atoms with Crippen LogP contribution < -0.4 is 5.73 Å². The third-order valence-electron chi connectivity index (χ3n) is 2.96. The Morgan fingerprint density at radius 1 is 1.31 bits per heavy atom. The van der Waals surface area contributed by atoms with Gasteiger partial charge < -0.3 is 5.73 Å². The molecule has 0 heterocycles. The fourth-order valence-corrected chi connectivity index (χ4v) is 2.04. The Labute approximate surface area is 82.4 Å². The first kappa shape index (κ1) is 10.8. The Bertz CT molecular complexity index is 163. The van der Waals surface area contributed by atoms with Gasteiger partial charge in [0.1, 0.15) is 0 Å². The molecule has 0 saturated carbocycles. The van der Waals surface area contributed by atoms with Gasteiger partial charge in [-0.2, -0.15) is 0 Å². The van der Waals surface area contributed by atoms with Crippen LogP contribution in [-0.2, 0) is 0 Å². The summed E-state index contributed by atoms with van der Waals surface area (Å²) < 4.78 is 0. The van der Waals surface area contributed by atoms with Crippen LogP contribution >= 0.6 is 0 Å². The lowest BCUT2D eigenvalue weighted by Crippen LogP contribution is -2.38. The highest BCUT2D eigenvalue weighted by Gasteiger charge is 2.22. The summed E-state index contributed by atoms with van der Waals surface area (Å²) in [6, 6.07) is 0. The molecule has 1 aliphatic rings. The van der Waals surface area contributed by atoms with Gasteiger partial charge >= 0.3 is 0 Å². The first-order valence-electron chi connectivity index (χ1n) is 5.73. The summed E-state index contributed by atoms with van der Waals surface area (Å²) in [5, 5.41) is 0. The van der Waals surface area contributed by atoms with E-state index in [0.717, 1.165) is 0 Å². The summed E-state index contributed by atoms with van der Waals surface area (Å²) in [4.78, 5) is 0. The molecule has 0 amide bonds. The Hall–Kier alpha value is -0.300. The molecule has 1 rings (SSSR count). The smallest absolute Gasteiger partial charge is 0.0339 e. The summed E-state index contributed by atoms with van der Waals surface area (Å²) in [5.74, 6) is 0. The topological polar surface area (TPSA) is 26.0 Å². The second-order valence-electron chi connectivity index (χ2n) is 4.34. The predicted molar refractivity (Wildman–Crippen MR) is 58.7 cm³/mol. The van der Waals surface area contributed by atoms with E-state index in [2.05, 4.69) is 19.1 Å². The van der Waals surface area contributed by atoms with Crippen LogP contribution in [0.2, 0.25) is 0 Å². The molecular formula is C12H23N. The van der Waals surface area contributed by atoms with Crippen molar-refractivity contribution in [3.8, 4) is 0 Å². The van der Waals surface area contributed by atoms with E-state index in [1.807, 2.05) is 0 Å². The molecule has 0 bridgehead atoms. The van der Waals surface area contributed by atoms with Crippen LogP contribution in [0.3, 0.4) is 0 Å². The zero-order valence-corrected chi connectivity index (χ0v) is 8.89. The van der Waals surface area contributed by atoms with Crippen molar-refractivity contribution in [3.05, 3.63) is 12.2 Å². The van der Waals surface area contributed by atoms with Gasteiger partial charge in [-0.3, -0.25) is 0 Å². The number of hydrogen-bond acceptors (Lipinski definition) is 1. The monoisotopic (exact) mass is 181 g/mol. The SMILES string of the molecule is CCCCCCC1(N)C=CCCC1. The van der Waals surface area contributed by atoms with Crippen molar-refractivity contribution >= 4 is 0 Å². The molecule has 1 nitrogen and oxygen atoms in total. The minimum atomic E-state index is 0.0476. The Morgan fingerprint density at radius 3 is 2.77 bits per heavy atom. The van der Waals surface area contributed by atoms with Crippen LogP contribution in [0.25, 0.3) is 0 Å². The number of hydrogen-bond donors (Lipinski definition) is 1. The maximum absolute atomic E-state index is 6.25. The maximum Gasteiger partial charge on any atom is 0.0339 e. The molecule has 0 spiro atoms. The Morgan fingerprint density at radius 2 is 2.15 bits per heavy atom. The number of nitrogens with two attached hydrogens (primary N) is 1. The molecule has 0 aromatic heterocycles. The van der Waals surface area contributed by atoms with Gasteiger partial charge in [-0.1, -0.05) is 44.8 Å². The van der Waals surface area contributed by atoms with Crippen molar-refractivity contribution in [2.75, 3.05) is 0 Å². The third-order valence-corrected chi connectivity index (χ3v) is 2.96. The van der Waals surface area contributed by atoms with Gasteiger partial charge in [-0.25, -0.2) is 0 Å². The number of allylic oxidation sites excluding steroid dienone is 1. The van der Waals surface area contributed by atoms with Crippen LogP contribution in [0, 0.1) is 0 Å². The zero-order valence-electron chi connectivity index (χ0n) is 8.89. The lowest BCUT2D eigenvalue weighted by Gasteiger charge is -2.28. The molecule has 0 radical (unpaired) electrons. The minimum absolute atomic E-state index is 0.0476. The molecular weight excluding hydrogens is 158 g/mol. The van der Waals surface area contributed by atoms with Gasteiger partial charge in [0.15, 0.2) is 0 Å². The van der Waals surface area contributed by atoms with Crippen molar-refractivity contribution in [2.45, 2.75) is 63.8 Å².